The van der Waals surface area contributed by atoms with Crippen molar-refractivity contribution < 1.29 is 28.5 Å². The van der Waals surface area contributed by atoms with Gasteiger partial charge in [0.15, 0.2) is 0 Å². The lowest BCUT2D eigenvalue weighted by Crippen LogP contribution is -2.36. The van der Waals surface area contributed by atoms with Gasteiger partial charge < -0.3 is 18.9 Å². The molecule has 3 aliphatic rings. The van der Waals surface area contributed by atoms with Crippen molar-refractivity contribution in [2.24, 2.45) is 47.3 Å². The summed E-state index contributed by atoms with van der Waals surface area (Å²) in [5.74, 6) is 3.06. The SMILES string of the molecule is CC1CCC(C(C)C)C(OCC(=O)OC[C@@H]2CC=CC[C@H]2COC(=O)COC2CC(C)CCC2C(C)C)C1. The average Bonchev–Trinajstić information content (AvgIpc) is 2.88. The number of ether oxygens (including phenoxy) is 4. The quantitative estimate of drug-likeness (QED) is 0.207. The normalized spacial score (nSPS) is 33.9. The Morgan fingerprint density at radius 2 is 1.08 bits per heavy atom. The van der Waals surface area contributed by atoms with Crippen LogP contribution in [0.3, 0.4) is 0 Å². The minimum Gasteiger partial charge on any atom is -0.464 e. The van der Waals surface area contributed by atoms with E-state index in [9.17, 15) is 9.59 Å². The lowest BCUT2D eigenvalue weighted by molar-refractivity contribution is -0.160. The average molecular weight is 535 g/mol. The summed E-state index contributed by atoms with van der Waals surface area (Å²) >= 11 is 0. The van der Waals surface area contributed by atoms with Crippen LogP contribution in [-0.4, -0.2) is 50.6 Å². The molecule has 0 N–H and O–H groups in total. The molecule has 8 atom stereocenters. The fraction of sp³-hybridized carbons (Fsp3) is 0.875. The zero-order chi connectivity index (χ0) is 27.7. The lowest BCUT2D eigenvalue weighted by atomic mass is 9.75. The molecule has 2 fully saturated rings. The highest BCUT2D eigenvalue weighted by molar-refractivity contribution is 5.71. The van der Waals surface area contributed by atoms with Crippen LogP contribution in [0.2, 0.25) is 0 Å². The molecule has 6 heteroatoms. The molecule has 0 aromatic heterocycles. The minimum atomic E-state index is -0.300. The highest BCUT2D eigenvalue weighted by Gasteiger charge is 2.33. The zero-order valence-electron chi connectivity index (χ0n) is 24.9. The fourth-order valence-corrected chi connectivity index (χ4v) is 6.78. The first-order valence-corrected chi connectivity index (χ1v) is 15.3. The van der Waals surface area contributed by atoms with Crippen LogP contribution in [0, 0.1) is 47.3 Å². The van der Waals surface area contributed by atoms with E-state index >= 15 is 0 Å². The predicted molar refractivity (Wildman–Crippen MR) is 149 cm³/mol. The number of rotatable bonds is 12. The van der Waals surface area contributed by atoms with Gasteiger partial charge >= 0.3 is 11.9 Å². The van der Waals surface area contributed by atoms with Gasteiger partial charge in [-0.05, 0) is 74.0 Å². The summed E-state index contributed by atoms with van der Waals surface area (Å²) < 4.78 is 23.4. The highest BCUT2D eigenvalue weighted by atomic mass is 16.6. The minimum absolute atomic E-state index is 0.0112. The summed E-state index contributed by atoms with van der Waals surface area (Å²) in [6, 6.07) is 0. The van der Waals surface area contributed by atoms with E-state index in [1.165, 1.54) is 12.8 Å². The van der Waals surface area contributed by atoms with Gasteiger partial charge in [-0.15, -0.1) is 0 Å². The van der Waals surface area contributed by atoms with Gasteiger partial charge in [-0.3, -0.25) is 0 Å². The standard InChI is InChI=1S/C32H54O6/c1-21(2)27-13-11-23(5)15-29(27)35-19-31(33)37-17-25-9-7-8-10-26(25)18-38-32(34)20-36-30-16-24(6)12-14-28(30)22(3)4/h7-8,21-30H,9-20H2,1-6H3/t23?,24?,25-,26-,27?,28?,29?,30?/m0/s1. The summed E-state index contributed by atoms with van der Waals surface area (Å²) in [5, 5.41) is 0. The van der Waals surface area contributed by atoms with E-state index in [-0.39, 0.29) is 49.2 Å². The van der Waals surface area contributed by atoms with Crippen LogP contribution in [0.25, 0.3) is 0 Å². The van der Waals surface area contributed by atoms with Gasteiger partial charge in [0.2, 0.25) is 0 Å². The van der Waals surface area contributed by atoms with Crippen LogP contribution in [0.5, 0.6) is 0 Å². The van der Waals surface area contributed by atoms with E-state index in [0.717, 1.165) is 38.5 Å². The molecule has 0 saturated heterocycles. The highest BCUT2D eigenvalue weighted by Crippen LogP contribution is 2.36. The Morgan fingerprint density at radius 3 is 1.45 bits per heavy atom. The van der Waals surface area contributed by atoms with Gasteiger partial charge in [0.25, 0.3) is 0 Å². The Bertz CT molecular complexity index is 699. The first kappa shape index (κ1) is 31.1. The van der Waals surface area contributed by atoms with Crippen molar-refractivity contribution >= 4 is 11.9 Å². The van der Waals surface area contributed by atoms with Crippen molar-refractivity contribution in [1.29, 1.82) is 0 Å². The molecule has 0 aliphatic heterocycles. The molecule has 3 aliphatic carbocycles. The van der Waals surface area contributed by atoms with E-state index in [4.69, 9.17) is 18.9 Å². The van der Waals surface area contributed by atoms with Gasteiger partial charge in [-0.2, -0.15) is 0 Å². The molecule has 6 nitrogen and oxygen atoms in total. The van der Waals surface area contributed by atoms with Crippen molar-refractivity contribution in [3.05, 3.63) is 12.2 Å². The van der Waals surface area contributed by atoms with Crippen LogP contribution >= 0.6 is 0 Å². The molecular weight excluding hydrogens is 480 g/mol. The van der Waals surface area contributed by atoms with Crippen LogP contribution in [-0.2, 0) is 28.5 Å². The molecule has 38 heavy (non-hydrogen) atoms. The largest absolute Gasteiger partial charge is 0.464 e. The summed E-state index contributed by atoms with van der Waals surface area (Å²) in [6.45, 7) is 14.2. The molecule has 0 aromatic carbocycles. The summed E-state index contributed by atoms with van der Waals surface area (Å²) in [5.41, 5.74) is 0. The molecule has 3 rings (SSSR count). The molecule has 6 unspecified atom stereocenters. The lowest BCUT2D eigenvalue weighted by Gasteiger charge is -2.37. The third kappa shape index (κ3) is 9.66. The van der Waals surface area contributed by atoms with Gasteiger partial charge in [0, 0.05) is 11.8 Å². The second-order valence-corrected chi connectivity index (χ2v) is 13.2. The van der Waals surface area contributed by atoms with Crippen LogP contribution < -0.4 is 0 Å². The topological polar surface area (TPSA) is 71.1 Å². The Balaban J connectivity index is 1.38. The molecule has 0 aromatic rings. The first-order chi connectivity index (χ1) is 18.1. The summed E-state index contributed by atoms with van der Waals surface area (Å²) in [7, 11) is 0. The maximum Gasteiger partial charge on any atom is 0.332 e. The smallest absolute Gasteiger partial charge is 0.332 e. The molecule has 2 saturated carbocycles. The van der Waals surface area contributed by atoms with E-state index in [1.54, 1.807) is 0 Å². The Hall–Kier alpha value is -1.40. The molecule has 0 heterocycles. The maximum absolute atomic E-state index is 12.5. The number of hydrogen-bond donors (Lipinski definition) is 0. The van der Waals surface area contributed by atoms with E-state index in [0.29, 0.717) is 48.7 Å². The van der Waals surface area contributed by atoms with Crippen molar-refractivity contribution in [2.75, 3.05) is 26.4 Å². The second-order valence-electron chi connectivity index (χ2n) is 13.2. The van der Waals surface area contributed by atoms with Crippen LogP contribution in [0.1, 0.15) is 92.9 Å². The molecule has 0 bridgehead atoms. The zero-order valence-corrected chi connectivity index (χ0v) is 24.9. The van der Waals surface area contributed by atoms with E-state index in [2.05, 4.69) is 53.7 Å². The number of esters is 2. The number of carbonyl (C=O) groups is 2. The number of hydrogen-bond acceptors (Lipinski definition) is 6. The molecular formula is C32H54O6. The summed E-state index contributed by atoms with van der Waals surface area (Å²) in [4.78, 5) is 25.0. The molecule has 0 amide bonds. The molecule has 0 radical (unpaired) electrons. The van der Waals surface area contributed by atoms with Crippen LogP contribution in [0.4, 0.5) is 0 Å². The third-order valence-corrected chi connectivity index (χ3v) is 9.38. The Kier molecular flexibility index (Phi) is 12.6. The number of carbonyl (C=O) groups excluding carboxylic acids is 2. The number of allylic oxidation sites excluding steroid dienone is 2. The van der Waals surface area contributed by atoms with Crippen molar-refractivity contribution in [3.63, 3.8) is 0 Å². The van der Waals surface area contributed by atoms with Gasteiger partial charge in [-0.1, -0.05) is 66.5 Å². The van der Waals surface area contributed by atoms with Gasteiger partial charge in [0.1, 0.15) is 13.2 Å². The maximum atomic E-state index is 12.5. The van der Waals surface area contributed by atoms with Crippen LogP contribution in [0.15, 0.2) is 12.2 Å². The second kappa shape index (κ2) is 15.4. The van der Waals surface area contributed by atoms with Crippen molar-refractivity contribution in [1.82, 2.24) is 0 Å². The molecule has 218 valence electrons. The van der Waals surface area contributed by atoms with E-state index in [1.807, 2.05) is 0 Å². The fourth-order valence-electron chi connectivity index (χ4n) is 6.78. The third-order valence-electron chi connectivity index (χ3n) is 9.38. The predicted octanol–water partition coefficient (Wildman–Crippen LogP) is 6.61. The molecule has 0 spiro atoms. The van der Waals surface area contributed by atoms with Gasteiger partial charge in [0.05, 0.1) is 25.4 Å². The monoisotopic (exact) mass is 534 g/mol. The van der Waals surface area contributed by atoms with E-state index < -0.39 is 0 Å². The van der Waals surface area contributed by atoms with Crippen molar-refractivity contribution in [3.8, 4) is 0 Å². The first-order valence-electron chi connectivity index (χ1n) is 15.3. The van der Waals surface area contributed by atoms with Gasteiger partial charge in [-0.25, -0.2) is 9.59 Å². The van der Waals surface area contributed by atoms with Crippen molar-refractivity contribution in [2.45, 2.75) is 105 Å². The Morgan fingerprint density at radius 1 is 0.684 bits per heavy atom. The summed E-state index contributed by atoms with van der Waals surface area (Å²) in [6.07, 6.45) is 13.0. The Labute approximate surface area is 231 Å².